The molecule has 1 heterocycles. The molecular formula is C21H34F3IN4O2. The van der Waals surface area contributed by atoms with Crippen LogP contribution >= 0.6 is 24.0 Å². The highest BCUT2D eigenvalue weighted by atomic mass is 127. The number of ether oxygens (including phenoxy) is 2. The normalized spacial score (nSPS) is 17.2. The highest BCUT2D eigenvalue weighted by molar-refractivity contribution is 14.0. The van der Waals surface area contributed by atoms with E-state index in [1.54, 1.807) is 7.11 Å². The van der Waals surface area contributed by atoms with Crippen LogP contribution in [-0.2, 0) is 6.42 Å². The first kappa shape index (κ1) is 27.6. The fraction of sp³-hybridized carbons (Fsp3) is 0.667. The Hall–Kier alpha value is -1.43. The van der Waals surface area contributed by atoms with Crippen LogP contribution in [0.25, 0.3) is 0 Å². The van der Waals surface area contributed by atoms with Crippen LogP contribution in [0.2, 0.25) is 0 Å². The van der Waals surface area contributed by atoms with Crippen molar-refractivity contribution in [2.75, 3.05) is 46.4 Å². The fourth-order valence-corrected chi connectivity index (χ4v) is 3.48. The molecule has 2 rings (SSSR count). The van der Waals surface area contributed by atoms with Gasteiger partial charge < -0.3 is 20.1 Å². The lowest BCUT2D eigenvalue weighted by Gasteiger charge is -2.19. The highest BCUT2D eigenvalue weighted by Gasteiger charge is 2.34. The van der Waals surface area contributed by atoms with E-state index in [1.165, 1.54) is 4.90 Å². The molecular weight excluding hydrogens is 524 g/mol. The molecule has 0 saturated carbocycles. The van der Waals surface area contributed by atoms with Gasteiger partial charge in [-0.05, 0) is 50.8 Å². The molecule has 1 unspecified atom stereocenters. The van der Waals surface area contributed by atoms with Crippen LogP contribution < -0.4 is 20.1 Å². The van der Waals surface area contributed by atoms with Crippen LogP contribution in [0.1, 0.15) is 32.3 Å². The fourth-order valence-electron chi connectivity index (χ4n) is 3.48. The van der Waals surface area contributed by atoms with Crippen molar-refractivity contribution in [2.24, 2.45) is 4.99 Å². The number of aliphatic imine (C=N–C) groups is 1. The van der Waals surface area contributed by atoms with Crippen molar-refractivity contribution in [3.63, 3.8) is 0 Å². The monoisotopic (exact) mass is 558 g/mol. The lowest BCUT2D eigenvalue weighted by atomic mass is 10.1. The smallest absolute Gasteiger partial charge is 0.401 e. The summed E-state index contributed by atoms with van der Waals surface area (Å²) in [4.78, 5) is 6.01. The van der Waals surface area contributed by atoms with E-state index in [1.807, 2.05) is 32.0 Å². The van der Waals surface area contributed by atoms with E-state index in [4.69, 9.17) is 9.47 Å². The molecule has 0 amide bonds. The van der Waals surface area contributed by atoms with E-state index in [2.05, 4.69) is 15.6 Å². The molecule has 6 nitrogen and oxygen atoms in total. The number of nitrogens with zero attached hydrogens (tertiary/aromatic N) is 2. The van der Waals surface area contributed by atoms with Gasteiger partial charge in [-0.1, -0.05) is 6.07 Å². The maximum atomic E-state index is 12.6. The Labute approximate surface area is 200 Å². The summed E-state index contributed by atoms with van der Waals surface area (Å²) in [7, 11) is 1.62. The van der Waals surface area contributed by atoms with Crippen molar-refractivity contribution in [3.05, 3.63) is 23.8 Å². The molecule has 10 heteroatoms. The SMILES string of the molecule is CCNC(=NCCCc1ccc(OC)c(OCC)c1)NC1CCN(CC(F)(F)F)C1.I. The van der Waals surface area contributed by atoms with Crippen LogP contribution in [-0.4, -0.2) is 69.5 Å². The Bertz CT molecular complexity index is 689. The Morgan fingerprint density at radius 2 is 2.03 bits per heavy atom. The van der Waals surface area contributed by atoms with E-state index in [-0.39, 0.29) is 30.0 Å². The summed E-state index contributed by atoms with van der Waals surface area (Å²) in [6, 6.07) is 5.88. The molecule has 1 saturated heterocycles. The van der Waals surface area contributed by atoms with E-state index in [0.717, 1.165) is 24.2 Å². The van der Waals surface area contributed by atoms with Crippen LogP contribution in [0.5, 0.6) is 11.5 Å². The third-order valence-electron chi connectivity index (χ3n) is 4.78. The minimum atomic E-state index is -4.16. The number of rotatable bonds is 10. The number of hydrogen-bond acceptors (Lipinski definition) is 4. The molecule has 1 aliphatic heterocycles. The number of likely N-dealkylation sites (tertiary alicyclic amines) is 1. The molecule has 0 radical (unpaired) electrons. The maximum absolute atomic E-state index is 12.6. The highest BCUT2D eigenvalue weighted by Crippen LogP contribution is 2.28. The van der Waals surface area contributed by atoms with Gasteiger partial charge in [-0.15, -0.1) is 24.0 Å². The molecule has 0 aliphatic carbocycles. The van der Waals surface area contributed by atoms with E-state index >= 15 is 0 Å². The molecule has 0 bridgehead atoms. The molecule has 178 valence electrons. The number of guanidine groups is 1. The van der Waals surface area contributed by atoms with Crippen LogP contribution in [0, 0.1) is 0 Å². The largest absolute Gasteiger partial charge is 0.493 e. The second-order valence-corrected chi connectivity index (χ2v) is 7.26. The van der Waals surface area contributed by atoms with Crippen molar-refractivity contribution in [2.45, 2.75) is 45.3 Å². The van der Waals surface area contributed by atoms with Crippen molar-refractivity contribution in [3.8, 4) is 11.5 Å². The number of methoxy groups -OCH3 is 1. The number of alkyl halides is 3. The molecule has 1 fully saturated rings. The molecule has 1 aromatic carbocycles. The van der Waals surface area contributed by atoms with Gasteiger partial charge in [0.2, 0.25) is 0 Å². The van der Waals surface area contributed by atoms with Gasteiger partial charge in [0.15, 0.2) is 17.5 Å². The number of halogens is 4. The zero-order valence-corrected chi connectivity index (χ0v) is 20.8. The maximum Gasteiger partial charge on any atom is 0.401 e. The van der Waals surface area contributed by atoms with Crippen LogP contribution in [0.15, 0.2) is 23.2 Å². The van der Waals surface area contributed by atoms with E-state index in [9.17, 15) is 13.2 Å². The summed E-state index contributed by atoms with van der Waals surface area (Å²) in [6.45, 7) is 5.74. The summed E-state index contributed by atoms with van der Waals surface area (Å²) in [6.07, 6.45) is -1.79. The van der Waals surface area contributed by atoms with Gasteiger partial charge in [0.1, 0.15) is 0 Å². The molecule has 31 heavy (non-hydrogen) atoms. The average Bonchev–Trinajstić information content (AvgIpc) is 3.10. The van der Waals surface area contributed by atoms with Gasteiger partial charge in [-0.25, -0.2) is 0 Å². The molecule has 1 atom stereocenters. The summed E-state index contributed by atoms with van der Waals surface area (Å²) < 4.78 is 48.6. The van der Waals surface area contributed by atoms with Gasteiger partial charge in [0.05, 0.1) is 20.3 Å². The third kappa shape index (κ3) is 10.2. The van der Waals surface area contributed by atoms with Crippen molar-refractivity contribution >= 4 is 29.9 Å². The zero-order chi connectivity index (χ0) is 22.0. The van der Waals surface area contributed by atoms with Gasteiger partial charge >= 0.3 is 6.18 Å². The van der Waals surface area contributed by atoms with Gasteiger partial charge in [0, 0.05) is 32.2 Å². The van der Waals surface area contributed by atoms with Crippen LogP contribution in [0.4, 0.5) is 13.2 Å². The quantitative estimate of drug-likeness (QED) is 0.198. The number of nitrogens with one attached hydrogen (secondary N) is 2. The standard InChI is InChI=1S/C21H33F3N4O2.HI/c1-4-25-20(27-17-10-12-28(14-17)15-21(22,23)24)26-11-6-7-16-8-9-18(29-3)19(13-16)30-5-2;/h8-9,13,17H,4-7,10-12,14-15H2,1-3H3,(H2,25,26,27);1H. The average molecular weight is 558 g/mol. The molecule has 0 aromatic heterocycles. The van der Waals surface area contributed by atoms with E-state index < -0.39 is 12.7 Å². The first-order valence-electron chi connectivity index (χ1n) is 10.5. The molecule has 0 spiro atoms. The topological polar surface area (TPSA) is 58.1 Å². The Kier molecular flexibility index (Phi) is 12.3. The number of hydrogen-bond donors (Lipinski definition) is 2. The Morgan fingerprint density at radius 1 is 1.26 bits per heavy atom. The Morgan fingerprint density at radius 3 is 2.68 bits per heavy atom. The van der Waals surface area contributed by atoms with Crippen LogP contribution in [0.3, 0.4) is 0 Å². The van der Waals surface area contributed by atoms with Crippen molar-refractivity contribution in [1.82, 2.24) is 15.5 Å². The number of benzene rings is 1. The minimum Gasteiger partial charge on any atom is -0.493 e. The number of aryl methyl sites for hydroxylation is 1. The Balaban J connectivity index is 0.00000480. The summed E-state index contributed by atoms with van der Waals surface area (Å²) in [5, 5.41) is 6.44. The predicted octanol–water partition coefficient (Wildman–Crippen LogP) is 3.84. The molecule has 2 N–H and O–H groups in total. The van der Waals surface area contributed by atoms with Gasteiger partial charge in [-0.3, -0.25) is 9.89 Å². The van der Waals surface area contributed by atoms with Crippen molar-refractivity contribution in [1.29, 1.82) is 0 Å². The van der Waals surface area contributed by atoms with Crippen molar-refractivity contribution < 1.29 is 22.6 Å². The molecule has 1 aromatic rings. The second kappa shape index (κ2) is 13.9. The van der Waals surface area contributed by atoms with Gasteiger partial charge in [-0.2, -0.15) is 13.2 Å². The third-order valence-corrected chi connectivity index (χ3v) is 4.78. The summed E-state index contributed by atoms with van der Waals surface area (Å²) in [5.74, 6) is 2.11. The first-order chi connectivity index (χ1) is 14.3. The molecule has 1 aliphatic rings. The lowest BCUT2D eigenvalue weighted by Crippen LogP contribution is -2.45. The zero-order valence-electron chi connectivity index (χ0n) is 18.4. The second-order valence-electron chi connectivity index (χ2n) is 7.26. The van der Waals surface area contributed by atoms with Gasteiger partial charge in [0.25, 0.3) is 0 Å². The lowest BCUT2D eigenvalue weighted by molar-refractivity contribution is -0.143. The predicted molar refractivity (Wildman–Crippen MR) is 128 cm³/mol. The summed E-state index contributed by atoms with van der Waals surface area (Å²) in [5.41, 5.74) is 1.14. The first-order valence-corrected chi connectivity index (χ1v) is 10.5. The summed E-state index contributed by atoms with van der Waals surface area (Å²) >= 11 is 0. The van der Waals surface area contributed by atoms with E-state index in [0.29, 0.717) is 50.9 Å². The minimum absolute atomic E-state index is 0.